The van der Waals surface area contributed by atoms with Gasteiger partial charge in [-0.25, -0.2) is 0 Å². The largest absolute Gasteiger partial charge is 0.423 e. The molecule has 0 bridgehead atoms. The molecule has 0 aliphatic heterocycles. The maximum absolute atomic E-state index is 13.4. The van der Waals surface area contributed by atoms with E-state index in [1.165, 1.54) is 27.7 Å². The first-order valence-electron chi connectivity index (χ1n) is 12.0. The first-order chi connectivity index (χ1) is 17.5. The zero-order chi connectivity index (χ0) is 27.1. The summed E-state index contributed by atoms with van der Waals surface area (Å²) >= 11 is 0. The van der Waals surface area contributed by atoms with Crippen molar-refractivity contribution in [3.8, 4) is 23.0 Å². The lowest BCUT2D eigenvalue weighted by Gasteiger charge is -2.28. The highest BCUT2D eigenvalue weighted by molar-refractivity contribution is 5.85. The van der Waals surface area contributed by atoms with Crippen LogP contribution in [0.2, 0.25) is 0 Å². The second kappa shape index (κ2) is 12.3. The Morgan fingerprint density at radius 1 is 0.622 bits per heavy atom. The number of carbonyl (C=O) groups is 5. The van der Waals surface area contributed by atoms with Gasteiger partial charge in [-0.3, -0.25) is 24.0 Å². The molecule has 1 aliphatic rings. The Morgan fingerprint density at radius 2 is 0.973 bits per heavy atom. The Morgan fingerprint density at radius 3 is 1.32 bits per heavy atom. The fraction of sp³-hybridized carbons (Fsp3) is 0.393. The minimum Gasteiger partial charge on any atom is -0.423 e. The van der Waals surface area contributed by atoms with E-state index in [1.54, 1.807) is 36.4 Å². The SMILES string of the molecule is CC(=O)Oc1ccc(CC2CCCC(Cc3ccc(OC(C)=O)c(OC(C)=O)c3)C2=O)cc1OC(C)=O. The third-order valence-electron chi connectivity index (χ3n) is 5.91. The van der Waals surface area contributed by atoms with Gasteiger partial charge >= 0.3 is 23.9 Å². The summed E-state index contributed by atoms with van der Waals surface area (Å²) in [6, 6.07) is 9.86. The van der Waals surface area contributed by atoms with Crippen LogP contribution in [-0.4, -0.2) is 29.7 Å². The number of hydrogen-bond donors (Lipinski definition) is 0. The van der Waals surface area contributed by atoms with Crippen LogP contribution in [0.25, 0.3) is 0 Å². The Hall–Kier alpha value is -4.01. The summed E-state index contributed by atoms with van der Waals surface area (Å²) in [7, 11) is 0. The third kappa shape index (κ3) is 7.99. The van der Waals surface area contributed by atoms with Gasteiger partial charge in [-0.05, 0) is 61.1 Å². The number of Topliss-reactive ketones (excluding diaryl/α,β-unsaturated/α-hetero) is 1. The van der Waals surface area contributed by atoms with Gasteiger partial charge in [-0.2, -0.15) is 0 Å². The number of hydrogen-bond acceptors (Lipinski definition) is 9. The summed E-state index contributed by atoms with van der Waals surface area (Å²) in [5.74, 6) is -1.96. The topological polar surface area (TPSA) is 122 Å². The molecule has 196 valence electrons. The minimum absolute atomic E-state index is 0.127. The van der Waals surface area contributed by atoms with Crippen molar-refractivity contribution in [2.45, 2.75) is 59.8 Å². The maximum atomic E-state index is 13.4. The van der Waals surface area contributed by atoms with Crippen molar-refractivity contribution >= 4 is 29.7 Å². The molecule has 9 nitrogen and oxygen atoms in total. The molecule has 0 amide bonds. The summed E-state index contributed by atoms with van der Waals surface area (Å²) in [5.41, 5.74) is 1.57. The van der Waals surface area contributed by atoms with E-state index in [9.17, 15) is 24.0 Å². The molecule has 1 fully saturated rings. The van der Waals surface area contributed by atoms with Crippen LogP contribution in [0.15, 0.2) is 36.4 Å². The number of ketones is 1. The highest BCUT2D eigenvalue weighted by Crippen LogP contribution is 2.35. The molecule has 2 aromatic rings. The van der Waals surface area contributed by atoms with E-state index in [0.29, 0.717) is 12.8 Å². The quantitative estimate of drug-likeness (QED) is 0.380. The summed E-state index contributed by atoms with van der Waals surface area (Å²) in [6.07, 6.45) is 3.23. The normalized spacial score (nSPS) is 17.0. The smallest absolute Gasteiger partial charge is 0.308 e. The highest BCUT2D eigenvalue weighted by Gasteiger charge is 2.31. The summed E-state index contributed by atoms with van der Waals surface area (Å²) < 4.78 is 20.6. The molecule has 0 spiro atoms. The highest BCUT2D eigenvalue weighted by atomic mass is 16.6. The van der Waals surface area contributed by atoms with Gasteiger partial charge in [-0.15, -0.1) is 0 Å². The van der Waals surface area contributed by atoms with Crippen molar-refractivity contribution < 1.29 is 42.9 Å². The standard InChI is InChI=1S/C28H30O9/c1-16(29)34-24-10-8-20(14-26(24)36-18(3)31)12-22-6-5-7-23(28(22)33)13-21-9-11-25(35-17(2)30)27(15-21)37-19(4)32/h8-11,14-15,22-23H,5-7,12-13H2,1-4H3. The Balaban J connectivity index is 1.75. The van der Waals surface area contributed by atoms with E-state index in [-0.39, 0.29) is 40.6 Å². The number of rotatable bonds is 8. The first kappa shape index (κ1) is 27.6. The average Bonchev–Trinajstić information content (AvgIpc) is 2.78. The summed E-state index contributed by atoms with van der Waals surface area (Å²) in [4.78, 5) is 59.1. The van der Waals surface area contributed by atoms with Gasteiger partial charge in [-0.1, -0.05) is 18.6 Å². The third-order valence-corrected chi connectivity index (χ3v) is 5.91. The zero-order valence-electron chi connectivity index (χ0n) is 21.3. The molecule has 3 rings (SSSR count). The van der Waals surface area contributed by atoms with Gasteiger partial charge < -0.3 is 18.9 Å². The Labute approximate surface area is 215 Å². The second-order valence-corrected chi connectivity index (χ2v) is 9.07. The second-order valence-electron chi connectivity index (χ2n) is 9.07. The summed E-state index contributed by atoms with van der Waals surface area (Å²) in [6.45, 7) is 5.02. The molecule has 9 heteroatoms. The monoisotopic (exact) mass is 510 g/mol. The van der Waals surface area contributed by atoms with Crippen LogP contribution >= 0.6 is 0 Å². The van der Waals surface area contributed by atoms with E-state index in [2.05, 4.69) is 0 Å². The molecule has 0 radical (unpaired) electrons. The van der Waals surface area contributed by atoms with Crippen LogP contribution in [0.3, 0.4) is 0 Å². The maximum Gasteiger partial charge on any atom is 0.308 e. The number of esters is 4. The molecule has 0 N–H and O–H groups in total. The lowest BCUT2D eigenvalue weighted by atomic mass is 9.75. The van der Waals surface area contributed by atoms with Gasteiger partial charge in [0.1, 0.15) is 5.78 Å². The first-order valence-corrected chi connectivity index (χ1v) is 12.0. The Kier molecular flexibility index (Phi) is 9.16. The van der Waals surface area contributed by atoms with Gasteiger partial charge in [0.25, 0.3) is 0 Å². The molecule has 0 heterocycles. The average molecular weight is 511 g/mol. The van der Waals surface area contributed by atoms with E-state index >= 15 is 0 Å². The van der Waals surface area contributed by atoms with Crippen molar-refractivity contribution in [3.05, 3.63) is 47.5 Å². The lowest BCUT2D eigenvalue weighted by molar-refractivity contribution is -0.134. The van der Waals surface area contributed by atoms with Crippen molar-refractivity contribution in [3.63, 3.8) is 0 Å². The molecule has 1 aliphatic carbocycles. The van der Waals surface area contributed by atoms with Gasteiger partial charge in [0.15, 0.2) is 23.0 Å². The Bertz CT molecular complexity index is 1120. The van der Waals surface area contributed by atoms with Crippen molar-refractivity contribution in [1.29, 1.82) is 0 Å². The van der Waals surface area contributed by atoms with E-state index in [1.807, 2.05) is 0 Å². The van der Waals surface area contributed by atoms with Crippen LogP contribution in [0, 0.1) is 11.8 Å². The molecule has 2 aromatic carbocycles. The van der Waals surface area contributed by atoms with Crippen LogP contribution in [0.5, 0.6) is 23.0 Å². The van der Waals surface area contributed by atoms with Gasteiger partial charge in [0.2, 0.25) is 0 Å². The van der Waals surface area contributed by atoms with Crippen molar-refractivity contribution in [1.82, 2.24) is 0 Å². The number of carbonyl (C=O) groups excluding carboxylic acids is 5. The predicted octanol–water partition coefficient (Wildman–Crippen LogP) is 4.16. The van der Waals surface area contributed by atoms with Crippen molar-refractivity contribution in [2.24, 2.45) is 11.8 Å². The molecule has 1 saturated carbocycles. The molecule has 2 unspecified atom stereocenters. The fourth-order valence-electron chi connectivity index (χ4n) is 4.51. The molecule has 37 heavy (non-hydrogen) atoms. The lowest BCUT2D eigenvalue weighted by Crippen LogP contribution is -2.31. The van der Waals surface area contributed by atoms with Gasteiger partial charge in [0.05, 0.1) is 0 Å². The molecular weight excluding hydrogens is 480 g/mol. The van der Waals surface area contributed by atoms with Crippen LogP contribution in [-0.2, 0) is 36.8 Å². The molecule has 0 saturated heterocycles. The summed E-state index contributed by atoms with van der Waals surface area (Å²) in [5, 5.41) is 0. The number of ether oxygens (including phenoxy) is 4. The van der Waals surface area contributed by atoms with E-state index in [0.717, 1.165) is 30.4 Å². The van der Waals surface area contributed by atoms with Crippen LogP contribution in [0.1, 0.15) is 58.1 Å². The molecule has 0 aromatic heterocycles. The van der Waals surface area contributed by atoms with Crippen LogP contribution in [0.4, 0.5) is 0 Å². The van der Waals surface area contributed by atoms with E-state index < -0.39 is 23.9 Å². The zero-order valence-corrected chi connectivity index (χ0v) is 21.3. The minimum atomic E-state index is -0.549. The van der Waals surface area contributed by atoms with Gasteiger partial charge in [0, 0.05) is 39.5 Å². The van der Waals surface area contributed by atoms with Crippen LogP contribution < -0.4 is 18.9 Å². The molecular formula is C28H30O9. The predicted molar refractivity (Wildman–Crippen MR) is 131 cm³/mol. The van der Waals surface area contributed by atoms with E-state index in [4.69, 9.17) is 18.9 Å². The number of benzene rings is 2. The fourth-order valence-corrected chi connectivity index (χ4v) is 4.51. The molecule has 2 atom stereocenters. The van der Waals surface area contributed by atoms with Crippen molar-refractivity contribution in [2.75, 3.05) is 0 Å².